The van der Waals surface area contributed by atoms with Crippen LogP contribution in [-0.2, 0) is 6.18 Å². The number of H-pyrrole nitrogens is 1. The largest absolute Gasteiger partial charge is 0.419 e. The Labute approximate surface area is 81.9 Å². The van der Waals surface area contributed by atoms with E-state index in [4.69, 9.17) is 0 Å². The smallest absolute Gasteiger partial charge is 0.342 e. The van der Waals surface area contributed by atoms with E-state index in [9.17, 15) is 17.6 Å². The van der Waals surface area contributed by atoms with E-state index in [1.165, 1.54) is 0 Å². The summed E-state index contributed by atoms with van der Waals surface area (Å²) in [5, 5.41) is 0. The predicted octanol–water partition coefficient (Wildman–Crippen LogP) is 3.03. The minimum atomic E-state index is -4.68. The Hall–Kier alpha value is -1.59. The van der Waals surface area contributed by atoms with E-state index >= 15 is 0 Å². The predicted molar refractivity (Wildman–Crippen MR) is 45.8 cm³/mol. The molecule has 1 aromatic carbocycles. The third kappa shape index (κ3) is 1.67. The summed E-state index contributed by atoms with van der Waals surface area (Å²) >= 11 is 0. The summed E-state index contributed by atoms with van der Waals surface area (Å²) in [5.74, 6) is -0.856. The standard InChI is InChI=1S/C9H6F4N2/c1-4-14-7-2-5(9(11,12)13)6(10)3-8(7)15-4/h2-3H,1H3,(H,14,15). The Morgan fingerprint density at radius 3 is 2.53 bits per heavy atom. The van der Waals surface area contributed by atoms with Crippen molar-refractivity contribution in [1.82, 2.24) is 9.97 Å². The van der Waals surface area contributed by atoms with Crippen molar-refractivity contribution in [2.45, 2.75) is 13.1 Å². The Balaban J connectivity index is 2.72. The van der Waals surface area contributed by atoms with Gasteiger partial charge in [-0.3, -0.25) is 0 Å². The number of rotatable bonds is 0. The Bertz CT molecular complexity index is 513. The Morgan fingerprint density at radius 1 is 1.27 bits per heavy atom. The summed E-state index contributed by atoms with van der Waals surface area (Å²) in [6, 6.07) is 1.51. The number of nitrogens with one attached hydrogen (secondary N) is 1. The highest BCUT2D eigenvalue weighted by atomic mass is 19.4. The molecule has 1 N–H and O–H groups in total. The molecule has 2 nitrogen and oxygen atoms in total. The number of nitrogens with zero attached hydrogens (tertiary/aromatic N) is 1. The SMILES string of the molecule is Cc1nc2cc(F)c(C(F)(F)F)cc2[nH]1. The Kier molecular flexibility index (Phi) is 1.95. The van der Waals surface area contributed by atoms with Crippen LogP contribution in [0.3, 0.4) is 0 Å². The maximum Gasteiger partial charge on any atom is 0.419 e. The van der Waals surface area contributed by atoms with Crippen molar-refractivity contribution in [3.05, 3.63) is 29.3 Å². The van der Waals surface area contributed by atoms with Gasteiger partial charge in [-0.25, -0.2) is 9.37 Å². The van der Waals surface area contributed by atoms with Crippen LogP contribution in [0.2, 0.25) is 0 Å². The fraction of sp³-hybridized carbons (Fsp3) is 0.222. The molecule has 2 aromatic rings. The molecule has 0 bridgehead atoms. The lowest BCUT2D eigenvalue weighted by Gasteiger charge is -2.06. The topological polar surface area (TPSA) is 28.7 Å². The van der Waals surface area contributed by atoms with Gasteiger partial charge in [0.25, 0.3) is 0 Å². The zero-order valence-corrected chi connectivity index (χ0v) is 7.61. The molecule has 0 amide bonds. The van der Waals surface area contributed by atoms with Crippen molar-refractivity contribution in [1.29, 1.82) is 0 Å². The van der Waals surface area contributed by atoms with Gasteiger partial charge < -0.3 is 4.98 Å². The van der Waals surface area contributed by atoms with E-state index in [1.807, 2.05) is 0 Å². The molecule has 2 rings (SSSR count). The van der Waals surface area contributed by atoms with Crippen LogP contribution in [0.5, 0.6) is 0 Å². The van der Waals surface area contributed by atoms with Gasteiger partial charge in [0.15, 0.2) is 0 Å². The lowest BCUT2D eigenvalue weighted by atomic mass is 10.2. The lowest BCUT2D eigenvalue weighted by Crippen LogP contribution is -2.07. The van der Waals surface area contributed by atoms with E-state index in [0.717, 1.165) is 12.1 Å². The molecule has 0 spiro atoms. The van der Waals surface area contributed by atoms with Gasteiger partial charge in [-0.05, 0) is 13.0 Å². The number of imidazole rings is 1. The molecule has 0 saturated heterocycles. The maximum atomic E-state index is 13.1. The zero-order chi connectivity index (χ0) is 11.2. The average Bonchev–Trinajstić information content (AvgIpc) is 2.40. The van der Waals surface area contributed by atoms with Crippen LogP contribution in [0.4, 0.5) is 17.6 Å². The molecule has 1 aromatic heterocycles. The van der Waals surface area contributed by atoms with Crippen LogP contribution in [0, 0.1) is 12.7 Å². The number of benzene rings is 1. The van der Waals surface area contributed by atoms with Gasteiger partial charge in [-0.1, -0.05) is 0 Å². The normalized spacial score (nSPS) is 12.3. The van der Waals surface area contributed by atoms with Gasteiger partial charge >= 0.3 is 6.18 Å². The number of alkyl halides is 3. The number of halogens is 4. The second kappa shape index (κ2) is 2.95. The molecule has 0 aliphatic heterocycles. The highest BCUT2D eigenvalue weighted by molar-refractivity contribution is 5.76. The highest BCUT2D eigenvalue weighted by Gasteiger charge is 2.34. The number of hydrogen-bond acceptors (Lipinski definition) is 1. The van der Waals surface area contributed by atoms with Crippen LogP contribution in [0.15, 0.2) is 12.1 Å². The summed E-state index contributed by atoms with van der Waals surface area (Å²) < 4.78 is 50.0. The zero-order valence-electron chi connectivity index (χ0n) is 7.61. The number of aryl methyl sites for hydroxylation is 1. The van der Waals surface area contributed by atoms with Gasteiger partial charge in [0.2, 0.25) is 0 Å². The van der Waals surface area contributed by atoms with Crippen molar-refractivity contribution in [3.8, 4) is 0 Å². The second-order valence-corrected chi connectivity index (χ2v) is 3.17. The molecule has 15 heavy (non-hydrogen) atoms. The molecular formula is C9H6F4N2. The van der Waals surface area contributed by atoms with Crippen molar-refractivity contribution in [2.24, 2.45) is 0 Å². The first-order valence-electron chi connectivity index (χ1n) is 4.11. The van der Waals surface area contributed by atoms with E-state index in [0.29, 0.717) is 5.82 Å². The first-order valence-corrected chi connectivity index (χ1v) is 4.11. The highest BCUT2D eigenvalue weighted by Crippen LogP contribution is 2.33. The molecule has 0 atom stereocenters. The van der Waals surface area contributed by atoms with E-state index in [2.05, 4.69) is 9.97 Å². The first-order chi connectivity index (χ1) is 6.88. The molecular weight excluding hydrogens is 212 g/mol. The Morgan fingerprint density at radius 2 is 1.93 bits per heavy atom. The summed E-state index contributed by atoms with van der Waals surface area (Å²) in [5.41, 5.74) is -0.905. The quantitative estimate of drug-likeness (QED) is 0.676. The summed E-state index contributed by atoms with van der Waals surface area (Å²) in [6.07, 6.45) is -4.68. The molecule has 0 unspecified atom stereocenters. The second-order valence-electron chi connectivity index (χ2n) is 3.17. The molecule has 6 heteroatoms. The van der Waals surface area contributed by atoms with E-state index < -0.39 is 17.6 Å². The van der Waals surface area contributed by atoms with Crippen molar-refractivity contribution in [3.63, 3.8) is 0 Å². The number of hydrogen-bond donors (Lipinski definition) is 1. The van der Waals surface area contributed by atoms with Crippen LogP contribution >= 0.6 is 0 Å². The van der Waals surface area contributed by atoms with Gasteiger partial charge in [0, 0.05) is 6.07 Å². The van der Waals surface area contributed by atoms with Gasteiger partial charge in [0.05, 0.1) is 16.6 Å². The van der Waals surface area contributed by atoms with Crippen LogP contribution in [0.1, 0.15) is 11.4 Å². The molecule has 1 heterocycles. The van der Waals surface area contributed by atoms with Gasteiger partial charge in [0.1, 0.15) is 11.6 Å². The monoisotopic (exact) mass is 218 g/mol. The van der Waals surface area contributed by atoms with E-state index in [-0.39, 0.29) is 11.0 Å². The van der Waals surface area contributed by atoms with Crippen molar-refractivity contribution in [2.75, 3.05) is 0 Å². The first kappa shape index (κ1) is 9.95. The molecule has 0 fully saturated rings. The minimum Gasteiger partial charge on any atom is -0.342 e. The van der Waals surface area contributed by atoms with Gasteiger partial charge in [-0.15, -0.1) is 0 Å². The summed E-state index contributed by atoms with van der Waals surface area (Å²) in [6.45, 7) is 1.59. The number of aromatic nitrogens is 2. The third-order valence-electron chi connectivity index (χ3n) is 1.99. The van der Waals surface area contributed by atoms with Crippen LogP contribution in [-0.4, -0.2) is 9.97 Å². The molecule has 80 valence electrons. The maximum absolute atomic E-state index is 13.1. The fourth-order valence-electron chi connectivity index (χ4n) is 1.38. The molecule has 0 saturated carbocycles. The third-order valence-corrected chi connectivity index (χ3v) is 1.99. The van der Waals surface area contributed by atoms with Gasteiger partial charge in [-0.2, -0.15) is 13.2 Å². The summed E-state index contributed by atoms with van der Waals surface area (Å²) in [4.78, 5) is 6.45. The number of aromatic amines is 1. The van der Waals surface area contributed by atoms with E-state index in [1.54, 1.807) is 6.92 Å². The average molecular weight is 218 g/mol. The molecule has 0 aliphatic carbocycles. The number of fused-ring (bicyclic) bond motifs is 1. The lowest BCUT2D eigenvalue weighted by molar-refractivity contribution is -0.139. The minimum absolute atomic E-state index is 0.182. The van der Waals surface area contributed by atoms with Crippen molar-refractivity contribution >= 4 is 11.0 Å². The fourth-order valence-corrected chi connectivity index (χ4v) is 1.38. The van der Waals surface area contributed by atoms with Crippen LogP contribution in [0.25, 0.3) is 11.0 Å². The molecule has 0 radical (unpaired) electrons. The molecule has 0 aliphatic rings. The summed E-state index contributed by atoms with van der Waals surface area (Å²) in [7, 11) is 0. The van der Waals surface area contributed by atoms with Crippen molar-refractivity contribution < 1.29 is 17.6 Å². The van der Waals surface area contributed by atoms with Crippen LogP contribution < -0.4 is 0 Å².